The zero-order valence-corrected chi connectivity index (χ0v) is 20.0. The molecule has 2 rings (SSSR count). The zero-order chi connectivity index (χ0) is 22.4. The second kappa shape index (κ2) is 22.8. The molecule has 160 valence electrons. The molecular formula is C25H45N3. The molecule has 2 N–H and O–H groups in total. The van der Waals surface area contributed by atoms with Crippen molar-refractivity contribution in [1.82, 2.24) is 10.3 Å². The summed E-state index contributed by atoms with van der Waals surface area (Å²) in [5, 5.41) is 6.54. The van der Waals surface area contributed by atoms with Gasteiger partial charge < -0.3 is 10.6 Å². The second-order valence-electron chi connectivity index (χ2n) is 4.95. The van der Waals surface area contributed by atoms with Crippen molar-refractivity contribution >= 4 is 5.82 Å². The molecular weight excluding hydrogens is 342 g/mol. The Hall–Kier alpha value is -2.29. The van der Waals surface area contributed by atoms with Gasteiger partial charge in [0.1, 0.15) is 5.82 Å². The average Bonchev–Trinajstić information content (AvgIpc) is 2.80. The molecule has 3 heteroatoms. The van der Waals surface area contributed by atoms with Crippen molar-refractivity contribution in [1.29, 1.82) is 0 Å². The van der Waals surface area contributed by atoms with E-state index < -0.39 is 0 Å². The van der Waals surface area contributed by atoms with Gasteiger partial charge in [0.05, 0.1) is 5.82 Å². The minimum atomic E-state index is 0.279. The van der Waals surface area contributed by atoms with Gasteiger partial charge >= 0.3 is 0 Å². The Morgan fingerprint density at radius 2 is 1.29 bits per heavy atom. The summed E-state index contributed by atoms with van der Waals surface area (Å²) in [5.41, 5.74) is 1.32. The van der Waals surface area contributed by atoms with Crippen LogP contribution in [-0.4, -0.2) is 11.0 Å². The average molecular weight is 388 g/mol. The first-order chi connectivity index (χ1) is 13.7. The first kappa shape index (κ1) is 30.4. The number of nitrogens with one attached hydrogen (secondary N) is 2. The molecule has 0 fully saturated rings. The van der Waals surface area contributed by atoms with Crippen LogP contribution in [0.3, 0.4) is 0 Å². The number of aromatic nitrogens is 1. The van der Waals surface area contributed by atoms with Gasteiger partial charge in [0.25, 0.3) is 0 Å². The quantitative estimate of drug-likeness (QED) is 0.530. The largest absolute Gasteiger partial charge is 0.369 e. The van der Waals surface area contributed by atoms with Crippen LogP contribution in [0.2, 0.25) is 0 Å². The molecule has 0 spiro atoms. The topological polar surface area (TPSA) is 37.0 Å². The van der Waals surface area contributed by atoms with Gasteiger partial charge in [0.2, 0.25) is 0 Å². The molecule has 1 aromatic heterocycles. The summed E-state index contributed by atoms with van der Waals surface area (Å²) in [6, 6.07) is 16.5. The van der Waals surface area contributed by atoms with Gasteiger partial charge in [-0.05, 0) is 24.6 Å². The standard InChI is InChI=1S/C17H21N3.4C2H6/c1-13(16-9-5-4-6-10-16)14(2)19-15(3)20-17-11-7-8-12-18-17;4*1-2/h4-14,19H,3H2,1-2H3,(H,18,20);4*1-2H3. The number of rotatable bonds is 6. The molecule has 0 aliphatic carbocycles. The Morgan fingerprint density at radius 3 is 1.75 bits per heavy atom. The fraction of sp³-hybridized carbons (Fsp3) is 0.480. The van der Waals surface area contributed by atoms with Gasteiger partial charge in [-0.15, -0.1) is 0 Å². The lowest BCUT2D eigenvalue weighted by molar-refractivity contribution is 0.529. The number of pyridine rings is 1. The Kier molecular flexibility index (Phi) is 24.7. The van der Waals surface area contributed by atoms with Crippen LogP contribution < -0.4 is 10.6 Å². The number of hydrogen-bond acceptors (Lipinski definition) is 3. The van der Waals surface area contributed by atoms with E-state index in [1.165, 1.54) is 5.56 Å². The molecule has 0 aliphatic heterocycles. The van der Waals surface area contributed by atoms with E-state index in [0.29, 0.717) is 5.92 Å². The van der Waals surface area contributed by atoms with Crippen molar-refractivity contribution in [2.45, 2.75) is 81.2 Å². The van der Waals surface area contributed by atoms with Crippen molar-refractivity contribution in [2.75, 3.05) is 5.32 Å². The first-order valence-corrected chi connectivity index (χ1v) is 10.9. The van der Waals surface area contributed by atoms with Gasteiger partial charge in [-0.25, -0.2) is 4.98 Å². The molecule has 0 saturated heterocycles. The fourth-order valence-corrected chi connectivity index (χ4v) is 2.07. The minimum Gasteiger partial charge on any atom is -0.369 e. The van der Waals surface area contributed by atoms with Crippen LogP contribution in [0.25, 0.3) is 0 Å². The highest BCUT2D eigenvalue weighted by molar-refractivity contribution is 5.39. The smallest absolute Gasteiger partial charge is 0.131 e. The third-order valence-electron chi connectivity index (χ3n) is 3.42. The summed E-state index contributed by atoms with van der Waals surface area (Å²) in [5.74, 6) is 1.96. The van der Waals surface area contributed by atoms with Crippen LogP contribution in [0.5, 0.6) is 0 Å². The number of nitrogens with zero attached hydrogens (tertiary/aromatic N) is 1. The minimum absolute atomic E-state index is 0.279. The van der Waals surface area contributed by atoms with Crippen LogP contribution in [0.15, 0.2) is 67.1 Å². The van der Waals surface area contributed by atoms with E-state index in [1.54, 1.807) is 6.20 Å². The van der Waals surface area contributed by atoms with Gasteiger partial charge in [-0.1, -0.05) is 105 Å². The fourth-order valence-electron chi connectivity index (χ4n) is 2.07. The molecule has 2 unspecified atom stereocenters. The van der Waals surface area contributed by atoms with Crippen molar-refractivity contribution in [2.24, 2.45) is 0 Å². The molecule has 0 bridgehead atoms. The van der Waals surface area contributed by atoms with E-state index in [2.05, 4.69) is 60.3 Å². The van der Waals surface area contributed by atoms with Gasteiger partial charge in [-0.3, -0.25) is 0 Å². The maximum atomic E-state index is 4.22. The Bertz CT molecular complexity index is 538. The van der Waals surface area contributed by atoms with Crippen LogP contribution in [0.1, 0.15) is 80.7 Å². The molecule has 1 aromatic carbocycles. The van der Waals surface area contributed by atoms with Crippen LogP contribution in [-0.2, 0) is 0 Å². The summed E-state index contributed by atoms with van der Waals surface area (Å²) >= 11 is 0. The zero-order valence-electron chi connectivity index (χ0n) is 20.0. The molecule has 0 aliphatic rings. The van der Waals surface area contributed by atoms with Gasteiger partial charge in [0.15, 0.2) is 0 Å². The molecule has 28 heavy (non-hydrogen) atoms. The van der Waals surface area contributed by atoms with E-state index in [1.807, 2.05) is 79.7 Å². The van der Waals surface area contributed by atoms with Gasteiger partial charge in [0, 0.05) is 18.2 Å². The highest BCUT2D eigenvalue weighted by atomic mass is 15.1. The van der Waals surface area contributed by atoms with Crippen LogP contribution in [0.4, 0.5) is 5.82 Å². The van der Waals surface area contributed by atoms with E-state index >= 15 is 0 Å². The maximum absolute atomic E-state index is 4.22. The normalized spacial score (nSPS) is 10.4. The van der Waals surface area contributed by atoms with Crippen molar-refractivity contribution in [3.8, 4) is 0 Å². The number of benzene rings is 1. The predicted octanol–water partition coefficient (Wildman–Crippen LogP) is 7.85. The Labute approximate surface area is 175 Å². The van der Waals surface area contributed by atoms with E-state index in [-0.39, 0.29) is 6.04 Å². The second-order valence-corrected chi connectivity index (χ2v) is 4.95. The van der Waals surface area contributed by atoms with Gasteiger partial charge in [-0.2, -0.15) is 0 Å². The van der Waals surface area contributed by atoms with Crippen molar-refractivity contribution in [3.05, 3.63) is 72.7 Å². The SMILES string of the molecule is C=C(Nc1ccccn1)NC(C)C(C)c1ccccc1.CC.CC.CC.CC. The van der Waals surface area contributed by atoms with Crippen LogP contribution in [0, 0.1) is 0 Å². The molecule has 3 nitrogen and oxygen atoms in total. The summed E-state index contributed by atoms with van der Waals surface area (Å²) in [6.45, 7) is 24.4. The molecule has 2 atom stereocenters. The van der Waals surface area contributed by atoms with E-state index in [4.69, 9.17) is 0 Å². The number of hydrogen-bond donors (Lipinski definition) is 2. The molecule has 2 aromatic rings. The highest BCUT2D eigenvalue weighted by Crippen LogP contribution is 2.19. The summed E-state index contributed by atoms with van der Waals surface area (Å²) < 4.78 is 0. The Morgan fingerprint density at radius 1 is 0.786 bits per heavy atom. The third-order valence-corrected chi connectivity index (χ3v) is 3.42. The molecule has 0 radical (unpaired) electrons. The van der Waals surface area contributed by atoms with Crippen molar-refractivity contribution in [3.63, 3.8) is 0 Å². The Balaban J connectivity index is -0.000000695. The lowest BCUT2D eigenvalue weighted by Crippen LogP contribution is -2.32. The monoisotopic (exact) mass is 387 g/mol. The third kappa shape index (κ3) is 13.9. The summed E-state index contributed by atoms with van der Waals surface area (Å²) in [4.78, 5) is 4.22. The molecule has 0 saturated carbocycles. The lowest BCUT2D eigenvalue weighted by atomic mass is 9.94. The molecule has 0 amide bonds. The summed E-state index contributed by atoms with van der Waals surface area (Å²) in [7, 11) is 0. The molecule has 1 heterocycles. The van der Waals surface area contributed by atoms with Crippen LogP contribution >= 0.6 is 0 Å². The summed E-state index contributed by atoms with van der Waals surface area (Å²) in [6.07, 6.45) is 1.76. The lowest BCUT2D eigenvalue weighted by Gasteiger charge is -2.24. The van der Waals surface area contributed by atoms with Crippen molar-refractivity contribution < 1.29 is 0 Å². The highest BCUT2D eigenvalue weighted by Gasteiger charge is 2.14. The maximum Gasteiger partial charge on any atom is 0.131 e. The van der Waals surface area contributed by atoms with E-state index in [9.17, 15) is 0 Å². The first-order valence-electron chi connectivity index (χ1n) is 10.9. The van der Waals surface area contributed by atoms with E-state index in [0.717, 1.165) is 11.6 Å². The predicted molar refractivity (Wildman–Crippen MR) is 130 cm³/mol. The number of anilines is 1.